The predicted molar refractivity (Wildman–Crippen MR) is 164 cm³/mol. The fourth-order valence-electron chi connectivity index (χ4n) is 10.8. The van der Waals surface area contributed by atoms with Crippen LogP contribution in [0.4, 0.5) is 5.69 Å². The largest absolute Gasteiger partial charge is 0.748 e. The van der Waals surface area contributed by atoms with Gasteiger partial charge in [0.1, 0.15) is 0 Å². The lowest BCUT2D eigenvalue weighted by Gasteiger charge is -2.64. The first-order chi connectivity index (χ1) is 19.8. The lowest BCUT2D eigenvalue weighted by molar-refractivity contribution is -0.203. The van der Waals surface area contributed by atoms with Crippen molar-refractivity contribution in [2.45, 2.75) is 104 Å². The van der Waals surface area contributed by atoms with E-state index in [9.17, 15) is 28.0 Å². The molecule has 1 amide bonds. The van der Waals surface area contributed by atoms with E-state index in [0.29, 0.717) is 54.0 Å². The molecular weight excluding hydrogens is 550 g/mol. The molecule has 0 saturated heterocycles. The molecule has 1 aromatic rings. The van der Waals surface area contributed by atoms with Crippen molar-refractivity contribution < 1.29 is 28.0 Å². The number of nitrogens with zero attached hydrogens (tertiary/aromatic N) is 1. The number of benzene rings is 1. The summed E-state index contributed by atoms with van der Waals surface area (Å²) in [6, 6.07) is 9.00. The van der Waals surface area contributed by atoms with E-state index >= 15 is 0 Å². The Hall–Kier alpha value is -1.48. The van der Waals surface area contributed by atoms with Crippen molar-refractivity contribution >= 4 is 21.7 Å². The predicted octanol–water partition coefficient (Wildman–Crippen LogP) is 5.61. The first-order valence-electron chi connectivity index (χ1n) is 16.4. The molecule has 42 heavy (non-hydrogen) atoms. The summed E-state index contributed by atoms with van der Waals surface area (Å²) in [5, 5.41) is 22.5. The zero-order valence-electron chi connectivity index (χ0n) is 26.0. The third-order valence-electron chi connectivity index (χ3n) is 12.9. The normalized spacial score (nSPS) is 40.5. The third kappa shape index (κ3) is 5.82. The van der Waals surface area contributed by atoms with E-state index in [0.717, 1.165) is 51.4 Å². The van der Waals surface area contributed by atoms with Gasteiger partial charge in [-0.1, -0.05) is 52.3 Å². The molecule has 0 bridgehead atoms. The van der Waals surface area contributed by atoms with E-state index in [1.54, 1.807) is 24.3 Å². The van der Waals surface area contributed by atoms with Crippen LogP contribution in [0.3, 0.4) is 0 Å². The number of fused-ring (bicyclic) bond motifs is 5. The SMILES string of the molecule is CC[C@H]1[C@@H](O)[C@@H]2[C@H](CC[C@]3(C)[C@@H]([C@H](C)CCC(=O)N(CCS(=O)(=O)[O-])c4ccccc4)CC[C@@H]23)[C@@]2(C)CC[C@@H](O)C[C@@H]12. The summed E-state index contributed by atoms with van der Waals surface area (Å²) in [5.41, 5.74) is 0.916. The molecule has 0 aliphatic heterocycles. The number of carbonyl (C=O) groups is 1. The van der Waals surface area contributed by atoms with Gasteiger partial charge in [0.05, 0.1) is 28.1 Å². The van der Waals surface area contributed by atoms with Crippen molar-refractivity contribution in [3.05, 3.63) is 30.3 Å². The molecule has 4 aliphatic carbocycles. The second-order valence-corrected chi connectivity index (χ2v) is 16.3. The number of hydrogen-bond acceptors (Lipinski definition) is 6. The molecule has 1 aromatic carbocycles. The average molecular weight is 603 g/mol. The molecule has 4 saturated carbocycles. The minimum absolute atomic E-state index is 0.121. The van der Waals surface area contributed by atoms with E-state index in [-0.39, 0.29) is 41.4 Å². The van der Waals surface area contributed by atoms with Crippen molar-refractivity contribution in [3.8, 4) is 0 Å². The summed E-state index contributed by atoms with van der Waals surface area (Å²) in [7, 11) is -4.44. The molecule has 7 nitrogen and oxygen atoms in total. The molecule has 5 rings (SSSR count). The van der Waals surface area contributed by atoms with Crippen LogP contribution in [0.1, 0.15) is 91.9 Å². The quantitative estimate of drug-likeness (QED) is 0.355. The summed E-state index contributed by atoms with van der Waals surface area (Å²) in [6.07, 6.45) is 8.67. The first kappa shape index (κ1) is 31.9. The van der Waals surface area contributed by atoms with Gasteiger partial charge in [0.2, 0.25) is 5.91 Å². The van der Waals surface area contributed by atoms with Crippen LogP contribution in [0.15, 0.2) is 30.3 Å². The number of para-hydroxylation sites is 1. The van der Waals surface area contributed by atoms with Crippen LogP contribution in [0.5, 0.6) is 0 Å². The van der Waals surface area contributed by atoms with Gasteiger partial charge in [-0.05, 0) is 116 Å². The van der Waals surface area contributed by atoms with Gasteiger partial charge in [-0.15, -0.1) is 0 Å². The number of aliphatic hydroxyl groups excluding tert-OH is 2. The highest BCUT2D eigenvalue weighted by atomic mass is 32.2. The summed E-state index contributed by atoms with van der Waals surface area (Å²) in [5.74, 6) is 1.93. The van der Waals surface area contributed by atoms with Crippen LogP contribution in [0.25, 0.3) is 0 Å². The van der Waals surface area contributed by atoms with E-state index in [1.165, 1.54) is 4.90 Å². The van der Waals surface area contributed by atoms with Crippen molar-refractivity contribution in [2.75, 3.05) is 17.2 Å². The molecule has 236 valence electrons. The Balaban J connectivity index is 1.29. The highest BCUT2D eigenvalue weighted by Gasteiger charge is 2.64. The van der Waals surface area contributed by atoms with E-state index in [1.807, 2.05) is 6.07 Å². The molecule has 0 radical (unpaired) electrons. The van der Waals surface area contributed by atoms with Crippen molar-refractivity contribution in [2.24, 2.45) is 52.3 Å². The monoisotopic (exact) mass is 602 g/mol. The molecule has 0 unspecified atom stereocenters. The smallest absolute Gasteiger partial charge is 0.227 e. The van der Waals surface area contributed by atoms with Crippen LogP contribution in [0.2, 0.25) is 0 Å². The van der Waals surface area contributed by atoms with Crippen molar-refractivity contribution in [3.63, 3.8) is 0 Å². The number of anilines is 1. The number of amides is 1. The summed E-state index contributed by atoms with van der Waals surface area (Å²) < 4.78 is 34.1. The number of aliphatic hydroxyl groups is 2. The number of carbonyl (C=O) groups excluding carboxylic acids is 1. The van der Waals surface area contributed by atoms with Gasteiger partial charge in [0.15, 0.2) is 0 Å². The minimum Gasteiger partial charge on any atom is -0.748 e. The second-order valence-electron chi connectivity index (χ2n) is 14.8. The molecule has 11 atom stereocenters. The van der Waals surface area contributed by atoms with Crippen LogP contribution < -0.4 is 4.90 Å². The van der Waals surface area contributed by atoms with Gasteiger partial charge in [0.25, 0.3) is 0 Å². The number of hydrogen-bond donors (Lipinski definition) is 2. The molecule has 2 N–H and O–H groups in total. The Kier molecular flexibility index (Phi) is 9.22. The molecular formula is C34H52NO6S-. The third-order valence-corrected chi connectivity index (χ3v) is 13.6. The summed E-state index contributed by atoms with van der Waals surface area (Å²) in [6.45, 7) is 9.25. The fraction of sp³-hybridized carbons (Fsp3) is 0.794. The van der Waals surface area contributed by atoms with Crippen LogP contribution >= 0.6 is 0 Å². The van der Waals surface area contributed by atoms with Crippen molar-refractivity contribution in [1.29, 1.82) is 0 Å². The Morgan fingerprint density at radius 3 is 2.36 bits per heavy atom. The van der Waals surface area contributed by atoms with Gasteiger partial charge in [-0.2, -0.15) is 0 Å². The van der Waals surface area contributed by atoms with Gasteiger partial charge in [-0.25, -0.2) is 8.42 Å². The van der Waals surface area contributed by atoms with Gasteiger partial charge in [-0.3, -0.25) is 4.79 Å². The molecule has 4 aliphatic rings. The molecule has 0 spiro atoms. The van der Waals surface area contributed by atoms with E-state index in [2.05, 4.69) is 27.7 Å². The van der Waals surface area contributed by atoms with E-state index in [4.69, 9.17) is 0 Å². The van der Waals surface area contributed by atoms with E-state index < -0.39 is 15.9 Å². The average Bonchev–Trinajstić information content (AvgIpc) is 3.30. The van der Waals surface area contributed by atoms with Crippen LogP contribution in [-0.2, 0) is 14.9 Å². The Morgan fingerprint density at radius 2 is 1.69 bits per heavy atom. The van der Waals surface area contributed by atoms with Crippen LogP contribution in [-0.4, -0.2) is 53.6 Å². The van der Waals surface area contributed by atoms with Crippen LogP contribution in [0, 0.1) is 52.3 Å². The molecule has 8 heteroatoms. The van der Waals surface area contributed by atoms with Gasteiger partial charge in [0, 0.05) is 18.7 Å². The lowest BCUT2D eigenvalue weighted by atomic mass is 9.41. The Morgan fingerprint density at radius 1 is 1.02 bits per heavy atom. The zero-order chi connectivity index (χ0) is 30.4. The molecule has 0 aromatic heterocycles. The summed E-state index contributed by atoms with van der Waals surface area (Å²) >= 11 is 0. The zero-order valence-corrected chi connectivity index (χ0v) is 26.8. The topological polar surface area (TPSA) is 118 Å². The highest BCUT2D eigenvalue weighted by molar-refractivity contribution is 7.85. The number of rotatable bonds is 9. The summed E-state index contributed by atoms with van der Waals surface area (Å²) in [4.78, 5) is 14.9. The maximum absolute atomic E-state index is 13.4. The fourth-order valence-corrected chi connectivity index (χ4v) is 11.2. The first-order valence-corrected chi connectivity index (χ1v) is 18.0. The van der Waals surface area contributed by atoms with Gasteiger partial charge < -0.3 is 19.7 Å². The van der Waals surface area contributed by atoms with Gasteiger partial charge >= 0.3 is 0 Å². The Labute approximate surface area is 253 Å². The van der Waals surface area contributed by atoms with Crippen molar-refractivity contribution in [1.82, 2.24) is 0 Å². The lowest BCUT2D eigenvalue weighted by Crippen LogP contribution is -2.62. The molecule has 4 fully saturated rings. The standard InChI is InChI=1S/C34H53NO6S/c1-5-25-29-21-24(36)15-17-34(29,4)28-16-18-33(3)26(12-13-27(33)31(28)32(25)38)22(2)11-14-30(37)35(19-20-42(39,40)41)23-9-7-6-8-10-23/h6-10,22,24-29,31-32,36,38H,5,11-21H2,1-4H3,(H,39,40,41)/p-1/t22-,24-,25-,26-,27+,28+,29+,31+,32-,33-,34-/m1/s1. The maximum Gasteiger partial charge on any atom is 0.227 e. The second kappa shape index (κ2) is 12.1. The Bertz CT molecular complexity index is 1210. The molecule has 0 heterocycles. The highest BCUT2D eigenvalue weighted by Crippen LogP contribution is 2.69. The minimum atomic E-state index is -4.44. The maximum atomic E-state index is 13.4.